The van der Waals surface area contributed by atoms with E-state index < -0.39 is 37.1 Å². The lowest BCUT2D eigenvalue weighted by Gasteiger charge is -2.40. The Morgan fingerprint density at radius 2 is 1.71 bits per heavy atom. The highest BCUT2D eigenvalue weighted by Crippen LogP contribution is 2.43. The van der Waals surface area contributed by atoms with Crippen molar-refractivity contribution >= 4 is 11.6 Å². The van der Waals surface area contributed by atoms with Gasteiger partial charge < -0.3 is 29.9 Å². The molecule has 2 aliphatic heterocycles. The topological polar surface area (TPSA) is 99.4 Å². The Morgan fingerprint density at radius 3 is 2.42 bits per heavy atom. The predicted octanol–water partition coefficient (Wildman–Crippen LogP) is 1.56. The summed E-state index contributed by atoms with van der Waals surface area (Å²) in [5.74, 6) is 0. The summed E-state index contributed by atoms with van der Waals surface area (Å²) in [5, 5.41) is 40.7. The van der Waals surface area contributed by atoms with Crippen LogP contribution in [0.3, 0.4) is 0 Å². The van der Waals surface area contributed by atoms with Gasteiger partial charge in [0.1, 0.15) is 30.5 Å². The number of benzene rings is 2. The molecule has 0 unspecified atom stereocenters. The monoisotopic (exact) mass is 446 g/mol. The van der Waals surface area contributed by atoms with Crippen LogP contribution in [0.2, 0.25) is 5.02 Å². The summed E-state index contributed by atoms with van der Waals surface area (Å²) in [6.07, 6.45) is -3.15. The Balaban J connectivity index is 1.38. The van der Waals surface area contributed by atoms with Crippen LogP contribution in [-0.4, -0.2) is 64.7 Å². The summed E-state index contributed by atoms with van der Waals surface area (Å²) in [5.41, 5.74) is 5.75. The van der Waals surface area contributed by atoms with Crippen molar-refractivity contribution in [1.82, 2.24) is 0 Å². The minimum Gasteiger partial charge on any atom is -0.394 e. The Morgan fingerprint density at radius 1 is 0.935 bits per heavy atom. The van der Waals surface area contributed by atoms with Crippen LogP contribution in [0.5, 0.6) is 0 Å². The molecule has 31 heavy (non-hydrogen) atoms. The molecule has 3 aliphatic rings. The van der Waals surface area contributed by atoms with Gasteiger partial charge in [-0.15, -0.1) is 0 Å². The van der Waals surface area contributed by atoms with E-state index in [-0.39, 0.29) is 0 Å². The summed E-state index contributed by atoms with van der Waals surface area (Å²) in [6, 6.07) is 11.9. The third-order valence-corrected chi connectivity index (χ3v) is 7.27. The van der Waals surface area contributed by atoms with Crippen LogP contribution in [0.15, 0.2) is 36.4 Å². The molecule has 0 saturated carbocycles. The van der Waals surface area contributed by atoms with Crippen LogP contribution in [0.1, 0.15) is 33.9 Å². The van der Waals surface area contributed by atoms with Gasteiger partial charge in [-0.3, -0.25) is 0 Å². The molecule has 4 N–H and O–H groups in total. The zero-order valence-corrected chi connectivity index (χ0v) is 17.8. The number of aliphatic hydroxyl groups is 4. The highest BCUT2D eigenvalue weighted by Gasteiger charge is 2.44. The molecule has 1 spiro atoms. The van der Waals surface area contributed by atoms with E-state index in [2.05, 4.69) is 18.2 Å². The van der Waals surface area contributed by atoms with Gasteiger partial charge in [0.15, 0.2) is 0 Å². The number of hydrogen-bond acceptors (Lipinski definition) is 6. The molecule has 7 heteroatoms. The van der Waals surface area contributed by atoms with Crippen molar-refractivity contribution in [3.63, 3.8) is 0 Å². The van der Waals surface area contributed by atoms with E-state index in [0.29, 0.717) is 22.4 Å². The minimum atomic E-state index is -1.41. The van der Waals surface area contributed by atoms with Crippen LogP contribution in [0.4, 0.5) is 0 Å². The quantitative estimate of drug-likeness (QED) is 0.569. The first kappa shape index (κ1) is 21.3. The van der Waals surface area contributed by atoms with Crippen LogP contribution in [-0.2, 0) is 28.7 Å². The van der Waals surface area contributed by atoms with E-state index in [1.165, 1.54) is 11.1 Å². The Hall–Kier alpha value is -1.51. The average molecular weight is 447 g/mol. The van der Waals surface area contributed by atoms with Gasteiger partial charge in [-0.1, -0.05) is 41.9 Å². The number of ether oxygens (including phenoxy) is 2. The summed E-state index contributed by atoms with van der Waals surface area (Å²) in [4.78, 5) is 0. The van der Waals surface area contributed by atoms with Gasteiger partial charge in [0.25, 0.3) is 0 Å². The fourth-order valence-corrected chi connectivity index (χ4v) is 5.28. The molecule has 2 aromatic rings. The summed E-state index contributed by atoms with van der Waals surface area (Å²) in [6.45, 7) is 1.22. The van der Waals surface area contributed by atoms with Gasteiger partial charge in [0.05, 0.1) is 19.8 Å². The third-order valence-electron chi connectivity index (χ3n) is 6.90. The Kier molecular flexibility index (Phi) is 5.59. The van der Waals surface area contributed by atoms with Crippen molar-refractivity contribution in [3.05, 3.63) is 69.2 Å². The summed E-state index contributed by atoms with van der Waals surface area (Å²) < 4.78 is 11.1. The van der Waals surface area contributed by atoms with E-state index in [0.717, 1.165) is 37.2 Å². The Labute approximate surface area is 186 Å². The molecule has 0 bridgehead atoms. The highest BCUT2D eigenvalue weighted by molar-refractivity contribution is 6.31. The van der Waals surface area contributed by atoms with Gasteiger partial charge in [-0.2, -0.15) is 0 Å². The predicted molar refractivity (Wildman–Crippen MR) is 114 cm³/mol. The largest absolute Gasteiger partial charge is 0.394 e. The van der Waals surface area contributed by atoms with Crippen molar-refractivity contribution in [1.29, 1.82) is 0 Å². The van der Waals surface area contributed by atoms with E-state index >= 15 is 0 Å². The van der Waals surface area contributed by atoms with E-state index in [1.54, 1.807) is 12.1 Å². The molecule has 166 valence electrons. The molecule has 2 saturated heterocycles. The first-order valence-corrected chi connectivity index (χ1v) is 11.0. The molecule has 6 nitrogen and oxygen atoms in total. The second-order valence-corrected chi connectivity index (χ2v) is 9.63. The molecule has 2 fully saturated rings. The number of rotatable bonds is 4. The van der Waals surface area contributed by atoms with E-state index in [9.17, 15) is 20.4 Å². The zero-order valence-electron chi connectivity index (χ0n) is 17.1. The van der Waals surface area contributed by atoms with E-state index in [1.807, 2.05) is 6.07 Å². The first-order chi connectivity index (χ1) is 14.9. The molecular weight excluding hydrogens is 420 g/mol. The normalized spacial score (nSPS) is 31.5. The molecule has 2 aromatic carbocycles. The van der Waals surface area contributed by atoms with Gasteiger partial charge in [-0.05, 0) is 53.1 Å². The van der Waals surface area contributed by atoms with Crippen molar-refractivity contribution in [2.45, 2.75) is 49.8 Å². The molecule has 5 rings (SSSR count). The maximum Gasteiger partial charge on any atom is 0.113 e. The minimum absolute atomic E-state index is 0.293. The maximum atomic E-state index is 10.4. The lowest BCUT2D eigenvalue weighted by molar-refractivity contribution is -0.231. The van der Waals surface area contributed by atoms with Gasteiger partial charge in [0, 0.05) is 10.4 Å². The molecule has 5 atom stereocenters. The third kappa shape index (κ3) is 3.80. The SMILES string of the molecule is OC[C@H]1O[C@H](c2ccc(Cl)c(Cc3ccc4c(c3)CC3(COC3)C4)c2)[C@H](O)[C@@H](O)[C@@H]1O. The van der Waals surface area contributed by atoms with Crippen LogP contribution >= 0.6 is 11.6 Å². The fraction of sp³-hybridized carbons (Fsp3) is 0.500. The number of fused-ring (bicyclic) bond motifs is 1. The molecule has 2 heterocycles. The Bertz CT molecular complexity index is 973. The van der Waals surface area contributed by atoms with Crippen LogP contribution in [0.25, 0.3) is 0 Å². The summed E-state index contributed by atoms with van der Waals surface area (Å²) in [7, 11) is 0. The van der Waals surface area contributed by atoms with Crippen molar-refractivity contribution in [2.24, 2.45) is 5.41 Å². The van der Waals surface area contributed by atoms with Crippen LogP contribution in [0, 0.1) is 5.41 Å². The van der Waals surface area contributed by atoms with E-state index in [4.69, 9.17) is 21.1 Å². The van der Waals surface area contributed by atoms with Gasteiger partial charge in [0.2, 0.25) is 0 Å². The zero-order chi connectivity index (χ0) is 21.8. The van der Waals surface area contributed by atoms with Gasteiger partial charge in [-0.25, -0.2) is 0 Å². The second kappa shape index (κ2) is 8.12. The smallest absolute Gasteiger partial charge is 0.113 e. The van der Waals surface area contributed by atoms with Crippen molar-refractivity contribution < 1.29 is 29.9 Å². The van der Waals surface area contributed by atoms with Crippen molar-refractivity contribution in [3.8, 4) is 0 Å². The maximum absolute atomic E-state index is 10.4. The average Bonchev–Trinajstić information content (AvgIpc) is 3.14. The lowest BCUT2D eigenvalue weighted by atomic mass is 9.83. The molecule has 0 aromatic heterocycles. The molecule has 0 radical (unpaired) electrons. The standard InChI is InChI=1S/C24H27ClO6/c25-18-4-3-14(23-22(29)21(28)20(27)19(10-26)31-23)7-16(18)5-13-1-2-15-8-24(11-30-12-24)9-17(15)6-13/h1-4,6-7,19-23,26-29H,5,8-12H2/t19-,20-,21+,22-,23-/m1/s1. The van der Waals surface area contributed by atoms with Gasteiger partial charge >= 0.3 is 0 Å². The second-order valence-electron chi connectivity index (χ2n) is 9.23. The van der Waals surface area contributed by atoms with Crippen LogP contribution < -0.4 is 0 Å². The lowest BCUT2D eigenvalue weighted by Crippen LogP contribution is -2.55. The molecule has 1 aliphatic carbocycles. The van der Waals surface area contributed by atoms with Crippen molar-refractivity contribution in [2.75, 3.05) is 19.8 Å². The molecule has 0 amide bonds. The number of halogens is 1. The number of aliphatic hydroxyl groups excluding tert-OH is 4. The summed E-state index contributed by atoms with van der Waals surface area (Å²) >= 11 is 6.47. The molecular formula is C24H27ClO6. The first-order valence-electron chi connectivity index (χ1n) is 10.7. The number of hydrogen-bond donors (Lipinski definition) is 4. The highest BCUT2D eigenvalue weighted by atomic mass is 35.5. The fourth-order valence-electron chi connectivity index (χ4n) is 5.10.